The molecule has 2 unspecified atom stereocenters. The van der Waals surface area contributed by atoms with Crippen LogP contribution in [-0.2, 0) is 0 Å². The van der Waals surface area contributed by atoms with Gasteiger partial charge in [0.2, 0.25) is 0 Å². The normalized spacial score (nSPS) is 17.3. The van der Waals surface area contributed by atoms with Gasteiger partial charge in [0.15, 0.2) is 0 Å². The van der Waals surface area contributed by atoms with Crippen molar-refractivity contribution < 1.29 is 5.11 Å². The Hall–Kier alpha value is -0.0800. The third kappa shape index (κ3) is 5.80. The Morgan fingerprint density at radius 2 is 2.00 bits per heavy atom. The molecule has 0 heterocycles. The number of hydrogen-bond acceptors (Lipinski definition) is 2. The van der Waals surface area contributed by atoms with E-state index >= 15 is 0 Å². The van der Waals surface area contributed by atoms with Gasteiger partial charge in [-0.1, -0.05) is 20.3 Å². The number of rotatable bonds is 4. The Morgan fingerprint density at radius 3 is 2.33 bits per heavy atom. The SMILES string of the molecule is CCC(C)CNC(C)O. The van der Waals surface area contributed by atoms with Crippen molar-refractivity contribution in [2.24, 2.45) is 5.92 Å². The summed E-state index contributed by atoms with van der Waals surface area (Å²) >= 11 is 0. The molecule has 0 radical (unpaired) electrons. The van der Waals surface area contributed by atoms with Gasteiger partial charge in [-0.05, 0) is 12.8 Å². The van der Waals surface area contributed by atoms with E-state index in [1.807, 2.05) is 0 Å². The fraction of sp³-hybridized carbons (Fsp3) is 1.00. The summed E-state index contributed by atoms with van der Waals surface area (Å²) in [5, 5.41) is 11.7. The second-order valence-electron chi connectivity index (χ2n) is 2.60. The van der Waals surface area contributed by atoms with Crippen molar-refractivity contribution >= 4 is 0 Å². The fourth-order valence-corrected chi connectivity index (χ4v) is 0.516. The molecule has 2 atom stereocenters. The van der Waals surface area contributed by atoms with Crippen LogP contribution in [0, 0.1) is 5.92 Å². The van der Waals surface area contributed by atoms with Gasteiger partial charge in [-0.25, -0.2) is 0 Å². The Balaban J connectivity index is 3.06. The van der Waals surface area contributed by atoms with E-state index in [0.29, 0.717) is 5.92 Å². The smallest absolute Gasteiger partial charge is 0.102 e. The van der Waals surface area contributed by atoms with E-state index in [1.165, 1.54) is 6.42 Å². The number of aliphatic hydroxyl groups excluding tert-OH is 1. The quantitative estimate of drug-likeness (QED) is 0.557. The van der Waals surface area contributed by atoms with Crippen LogP contribution in [0.5, 0.6) is 0 Å². The molecule has 0 aliphatic heterocycles. The summed E-state index contributed by atoms with van der Waals surface area (Å²) in [6.07, 6.45) is 0.804. The van der Waals surface area contributed by atoms with Crippen LogP contribution in [0.2, 0.25) is 0 Å². The first-order valence-electron chi connectivity index (χ1n) is 3.58. The van der Waals surface area contributed by atoms with Crippen molar-refractivity contribution in [1.29, 1.82) is 0 Å². The molecule has 0 aromatic rings. The molecule has 0 spiro atoms. The summed E-state index contributed by atoms with van der Waals surface area (Å²) in [4.78, 5) is 0. The largest absolute Gasteiger partial charge is 0.379 e. The summed E-state index contributed by atoms with van der Waals surface area (Å²) < 4.78 is 0. The number of nitrogens with one attached hydrogen (secondary N) is 1. The molecule has 0 saturated heterocycles. The molecule has 0 fully saturated rings. The molecular formula is C7H17NO. The topological polar surface area (TPSA) is 32.3 Å². The molecule has 0 aliphatic rings. The zero-order valence-corrected chi connectivity index (χ0v) is 6.52. The number of hydrogen-bond donors (Lipinski definition) is 2. The van der Waals surface area contributed by atoms with Crippen molar-refractivity contribution in [1.82, 2.24) is 5.32 Å². The first-order valence-corrected chi connectivity index (χ1v) is 3.58. The van der Waals surface area contributed by atoms with E-state index in [1.54, 1.807) is 6.92 Å². The molecule has 0 rings (SSSR count). The highest BCUT2D eigenvalue weighted by Crippen LogP contribution is 1.96. The van der Waals surface area contributed by atoms with Gasteiger partial charge >= 0.3 is 0 Å². The third-order valence-electron chi connectivity index (χ3n) is 1.46. The van der Waals surface area contributed by atoms with Crippen LogP contribution < -0.4 is 5.32 Å². The van der Waals surface area contributed by atoms with Gasteiger partial charge in [0, 0.05) is 6.54 Å². The van der Waals surface area contributed by atoms with Crippen LogP contribution in [-0.4, -0.2) is 17.9 Å². The minimum atomic E-state index is -0.362. The molecule has 9 heavy (non-hydrogen) atoms. The molecule has 0 saturated carbocycles. The average molecular weight is 131 g/mol. The molecule has 0 aromatic heterocycles. The van der Waals surface area contributed by atoms with Crippen molar-refractivity contribution in [2.75, 3.05) is 6.54 Å². The monoisotopic (exact) mass is 131 g/mol. The van der Waals surface area contributed by atoms with Gasteiger partial charge in [-0.3, -0.25) is 5.32 Å². The maximum absolute atomic E-state index is 8.79. The van der Waals surface area contributed by atoms with E-state index in [9.17, 15) is 0 Å². The highest BCUT2D eigenvalue weighted by Gasteiger charge is 1.98. The van der Waals surface area contributed by atoms with Crippen LogP contribution in [0.3, 0.4) is 0 Å². The van der Waals surface area contributed by atoms with Crippen LogP contribution in [0.15, 0.2) is 0 Å². The van der Waals surface area contributed by atoms with Gasteiger partial charge in [-0.2, -0.15) is 0 Å². The van der Waals surface area contributed by atoms with Gasteiger partial charge in [-0.15, -0.1) is 0 Å². The lowest BCUT2D eigenvalue weighted by atomic mass is 10.1. The summed E-state index contributed by atoms with van der Waals surface area (Å²) in [5.74, 6) is 0.666. The Bertz CT molecular complexity index is 63.9. The molecule has 0 aromatic carbocycles. The predicted octanol–water partition coefficient (Wildman–Crippen LogP) is 0.960. The maximum atomic E-state index is 8.79. The van der Waals surface area contributed by atoms with Crippen molar-refractivity contribution in [2.45, 2.75) is 33.4 Å². The second-order valence-corrected chi connectivity index (χ2v) is 2.60. The highest BCUT2D eigenvalue weighted by molar-refractivity contribution is 4.53. The van der Waals surface area contributed by atoms with E-state index in [4.69, 9.17) is 5.11 Å². The zero-order valence-electron chi connectivity index (χ0n) is 6.52. The van der Waals surface area contributed by atoms with E-state index < -0.39 is 0 Å². The Labute approximate surface area is 57.3 Å². The number of aliphatic hydroxyl groups is 1. The molecule has 0 amide bonds. The average Bonchev–Trinajstić information content (AvgIpc) is 1.83. The minimum absolute atomic E-state index is 0.362. The van der Waals surface area contributed by atoms with Crippen LogP contribution in [0.25, 0.3) is 0 Å². The lowest BCUT2D eigenvalue weighted by molar-refractivity contribution is 0.150. The first-order chi connectivity index (χ1) is 4.16. The van der Waals surface area contributed by atoms with Gasteiger partial charge in [0.25, 0.3) is 0 Å². The lowest BCUT2D eigenvalue weighted by Crippen LogP contribution is -2.29. The minimum Gasteiger partial charge on any atom is -0.379 e. The summed E-state index contributed by atoms with van der Waals surface area (Å²) in [6, 6.07) is 0. The van der Waals surface area contributed by atoms with Crippen molar-refractivity contribution in [3.05, 3.63) is 0 Å². The lowest BCUT2D eigenvalue weighted by Gasteiger charge is -2.11. The molecule has 2 nitrogen and oxygen atoms in total. The Kier molecular flexibility index (Phi) is 4.72. The third-order valence-corrected chi connectivity index (χ3v) is 1.46. The van der Waals surface area contributed by atoms with E-state index in [2.05, 4.69) is 19.2 Å². The molecule has 56 valence electrons. The van der Waals surface area contributed by atoms with Crippen LogP contribution in [0.1, 0.15) is 27.2 Å². The van der Waals surface area contributed by atoms with Gasteiger partial charge in [0.05, 0.1) is 0 Å². The Morgan fingerprint density at radius 1 is 1.44 bits per heavy atom. The standard InChI is InChI=1S/C7H17NO/c1-4-6(2)5-8-7(3)9/h6-9H,4-5H2,1-3H3. The molecule has 2 heteroatoms. The van der Waals surface area contributed by atoms with Gasteiger partial charge < -0.3 is 5.11 Å². The molecular weight excluding hydrogens is 114 g/mol. The maximum Gasteiger partial charge on any atom is 0.102 e. The van der Waals surface area contributed by atoms with E-state index in [0.717, 1.165) is 6.54 Å². The fourth-order valence-electron chi connectivity index (χ4n) is 0.516. The first kappa shape index (κ1) is 8.92. The second kappa shape index (κ2) is 4.77. The molecule has 0 aliphatic carbocycles. The van der Waals surface area contributed by atoms with Crippen molar-refractivity contribution in [3.8, 4) is 0 Å². The molecule has 0 bridgehead atoms. The summed E-state index contributed by atoms with van der Waals surface area (Å²) in [5.41, 5.74) is 0. The summed E-state index contributed by atoms with van der Waals surface area (Å²) in [6.45, 7) is 6.96. The van der Waals surface area contributed by atoms with Crippen LogP contribution in [0.4, 0.5) is 0 Å². The van der Waals surface area contributed by atoms with Gasteiger partial charge in [0.1, 0.15) is 6.23 Å². The highest BCUT2D eigenvalue weighted by atomic mass is 16.3. The molecule has 2 N–H and O–H groups in total. The van der Waals surface area contributed by atoms with E-state index in [-0.39, 0.29) is 6.23 Å². The zero-order chi connectivity index (χ0) is 7.28. The summed E-state index contributed by atoms with van der Waals surface area (Å²) in [7, 11) is 0. The van der Waals surface area contributed by atoms with Crippen molar-refractivity contribution in [3.63, 3.8) is 0 Å². The predicted molar refractivity (Wildman–Crippen MR) is 39.1 cm³/mol. The van der Waals surface area contributed by atoms with Crippen LogP contribution >= 0.6 is 0 Å².